The normalized spacial score (nSPS) is 16.0. The fourth-order valence-corrected chi connectivity index (χ4v) is 2.16. The van der Waals surface area contributed by atoms with E-state index < -0.39 is 5.97 Å². The second-order valence-electron chi connectivity index (χ2n) is 4.58. The summed E-state index contributed by atoms with van der Waals surface area (Å²) in [5, 5.41) is 17.0. The van der Waals surface area contributed by atoms with Crippen molar-refractivity contribution >= 4 is 17.0 Å². The fourth-order valence-electron chi connectivity index (χ4n) is 2.16. The summed E-state index contributed by atoms with van der Waals surface area (Å²) in [7, 11) is 0. The van der Waals surface area contributed by atoms with E-state index in [0.29, 0.717) is 11.4 Å². The van der Waals surface area contributed by atoms with Crippen LogP contribution in [0.2, 0.25) is 0 Å². The maximum absolute atomic E-state index is 10.8. The fraction of sp³-hybridized carbons (Fsp3) is 0.417. The van der Waals surface area contributed by atoms with E-state index in [1.165, 1.54) is 19.3 Å². The van der Waals surface area contributed by atoms with Gasteiger partial charge in [-0.1, -0.05) is 11.6 Å². The molecule has 0 saturated heterocycles. The van der Waals surface area contributed by atoms with Crippen LogP contribution in [0.15, 0.2) is 18.2 Å². The molecule has 0 atom stereocenters. The van der Waals surface area contributed by atoms with Gasteiger partial charge in [0.15, 0.2) is 0 Å². The van der Waals surface area contributed by atoms with E-state index in [-0.39, 0.29) is 5.56 Å². The largest absolute Gasteiger partial charge is 0.478 e. The smallest absolute Gasteiger partial charge is 0.335 e. The van der Waals surface area contributed by atoms with Crippen molar-refractivity contribution in [2.45, 2.75) is 25.8 Å². The molecule has 5 heteroatoms. The average Bonchev–Trinajstić information content (AvgIpc) is 2.65. The van der Waals surface area contributed by atoms with E-state index in [4.69, 9.17) is 5.11 Å². The Morgan fingerprint density at radius 2 is 2.29 bits per heavy atom. The van der Waals surface area contributed by atoms with Gasteiger partial charge in [-0.2, -0.15) is 0 Å². The summed E-state index contributed by atoms with van der Waals surface area (Å²) in [5.74, 6) is -0.223. The topological polar surface area (TPSA) is 68.0 Å². The SMILES string of the molecule is O=C(O)c1ccc2c(c1)nnn2CC1CCC1. The molecule has 0 radical (unpaired) electrons. The number of aromatic carboxylic acids is 1. The Bertz CT molecular complexity index is 572. The molecule has 1 aromatic carbocycles. The molecule has 1 aliphatic carbocycles. The van der Waals surface area contributed by atoms with Gasteiger partial charge in [-0.3, -0.25) is 0 Å². The predicted octanol–water partition coefficient (Wildman–Crippen LogP) is 1.93. The molecule has 1 heterocycles. The lowest BCUT2D eigenvalue weighted by atomic mass is 9.85. The minimum absolute atomic E-state index is 0.258. The molecule has 1 N–H and O–H groups in total. The maximum atomic E-state index is 10.8. The van der Waals surface area contributed by atoms with E-state index >= 15 is 0 Å². The van der Waals surface area contributed by atoms with Crippen molar-refractivity contribution in [3.8, 4) is 0 Å². The number of carboxylic acids is 1. The molecule has 17 heavy (non-hydrogen) atoms. The van der Waals surface area contributed by atoms with Crippen molar-refractivity contribution in [2.24, 2.45) is 5.92 Å². The van der Waals surface area contributed by atoms with Crippen LogP contribution in [0.25, 0.3) is 11.0 Å². The third-order valence-corrected chi connectivity index (χ3v) is 3.42. The number of hydrogen-bond donors (Lipinski definition) is 1. The van der Waals surface area contributed by atoms with Gasteiger partial charge in [0.2, 0.25) is 0 Å². The first-order chi connectivity index (χ1) is 8.24. The van der Waals surface area contributed by atoms with Crippen LogP contribution < -0.4 is 0 Å². The van der Waals surface area contributed by atoms with Crippen LogP contribution in [-0.2, 0) is 6.54 Å². The van der Waals surface area contributed by atoms with Crippen molar-refractivity contribution in [3.63, 3.8) is 0 Å². The van der Waals surface area contributed by atoms with Crippen molar-refractivity contribution < 1.29 is 9.90 Å². The maximum Gasteiger partial charge on any atom is 0.335 e. The molecule has 0 spiro atoms. The molecular formula is C12H13N3O2. The highest BCUT2D eigenvalue weighted by molar-refractivity contribution is 5.92. The van der Waals surface area contributed by atoms with Crippen LogP contribution in [0.4, 0.5) is 0 Å². The van der Waals surface area contributed by atoms with Gasteiger partial charge >= 0.3 is 5.97 Å². The Morgan fingerprint density at radius 3 is 2.94 bits per heavy atom. The second-order valence-corrected chi connectivity index (χ2v) is 4.58. The van der Waals surface area contributed by atoms with E-state index in [2.05, 4.69) is 10.3 Å². The van der Waals surface area contributed by atoms with Gasteiger partial charge in [0.1, 0.15) is 5.52 Å². The summed E-state index contributed by atoms with van der Waals surface area (Å²) >= 11 is 0. The average molecular weight is 231 g/mol. The number of aromatic nitrogens is 3. The molecule has 1 fully saturated rings. The Balaban J connectivity index is 1.95. The van der Waals surface area contributed by atoms with E-state index in [9.17, 15) is 4.79 Å². The van der Waals surface area contributed by atoms with Gasteiger partial charge in [0.25, 0.3) is 0 Å². The lowest BCUT2D eigenvalue weighted by Gasteiger charge is -2.24. The first kappa shape index (κ1) is 10.3. The lowest BCUT2D eigenvalue weighted by molar-refractivity contribution is 0.0697. The zero-order valence-electron chi connectivity index (χ0n) is 9.33. The molecule has 5 nitrogen and oxygen atoms in total. The van der Waals surface area contributed by atoms with Gasteiger partial charge in [-0.15, -0.1) is 5.10 Å². The first-order valence-corrected chi connectivity index (χ1v) is 5.80. The van der Waals surface area contributed by atoms with Gasteiger partial charge in [0.05, 0.1) is 11.1 Å². The van der Waals surface area contributed by atoms with Gasteiger partial charge in [-0.25, -0.2) is 9.48 Å². The molecule has 0 aliphatic heterocycles. The summed E-state index contributed by atoms with van der Waals surface area (Å²) in [6.07, 6.45) is 3.82. The number of carbonyl (C=O) groups is 1. The van der Waals surface area contributed by atoms with Crippen molar-refractivity contribution in [3.05, 3.63) is 23.8 Å². The lowest BCUT2D eigenvalue weighted by Crippen LogP contribution is -2.18. The third-order valence-electron chi connectivity index (χ3n) is 3.42. The number of fused-ring (bicyclic) bond motifs is 1. The summed E-state index contributed by atoms with van der Waals surface area (Å²) in [6, 6.07) is 4.96. The number of nitrogens with zero attached hydrogens (tertiary/aromatic N) is 3. The molecule has 2 aromatic rings. The van der Waals surface area contributed by atoms with Crippen LogP contribution in [0, 0.1) is 5.92 Å². The predicted molar refractivity (Wildman–Crippen MR) is 61.8 cm³/mol. The molecule has 0 unspecified atom stereocenters. The summed E-state index contributed by atoms with van der Waals surface area (Å²) in [6.45, 7) is 0.892. The number of hydrogen-bond acceptors (Lipinski definition) is 3. The van der Waals surface area contributed by atoms with E-state index in [1.54, 1.807) is 18.2 Å². The highest BCUT2D eigenvalue weighted by Gasteiger charge is 2.19. The molecule has 0 amide bonds. The Kier molecular flexibility index (Phi) is 2.31. The van der Waals surface area contributed by atoms with Crippen LogP contribution in [-0.4, -0.2) is 26.1 Å². The van der Waals surface area contributed by atoms with Gasteiger partial charge < -0.3 is 5.11 Å². The molecule has 1 aromatic heterocycles. The monoisotopic (exact) mass is 231 g/mol. The quantitative estimate of drug-likeness (QED) is 0.876. The molecule has 0 bridgehead atoms. The van der Waals surface area contributed by atoms with Crippen molar-refractivity contribution in [2.75, 3.05) is 0 Å². The van der Waals surface area contributed by atoms with Crippen LogP contribution in [0.5, 0.6) is 0 Å². The molecule has 88 valence electrons. The Morgan fingerprint density at radius 1 is 1.47 bits per heavy atom. The minimum atomic E-state index is -0.930. The standard InChI is InChI=1S/C12H13N3O2/c16-12(17)9-4-5-11-10(6-9)13-14-15(11)7-8-2-1-3-8/h4-6,8H,1-3,7H2,(H,16,17). The van der Waals surface area contributed by atoms with Crippen LogP contribution in [0.1, 0.15) is 29.6 Å². The summed E-state index contributed by atoms with van der Waals surface area (Å²) < 4.78 is 1.88. The zero-order valence-corrected chi connectivity index (χ0v) is 9.33. The van der Waals surface area contributed by atoms with Crippen molar-refractivity contribution in [1.29, 1.82) is 0 Å². The molecular weight excluding hydrogens is 218 g/mol. The third kappa shape index (κ3) is 1.77. The molecule has 1 saturated carbocycles. The van der Waals surface area contributed by atoms with E-state index in [0.717, 1.165) is 12.1 Å². The summed E-state index contributed by atoms with van der Waals surface area (Å²) in [5.41, 5.74) is 1.83. The van der Waals surface area contributed by atoms with Crippen LogP contribution in [0.3, 0.4) is 0 Å². The Hall–Kier alpha value is -1.91. The molecule has 1 aliphatic rings. The highest BCUT2D eigenvalue weighted by atomic mass is 16.4. The molecule has 3 rings (SSSR count). The first-order valence-electron chi connectivity index (χ1n) is 5.80. The Labute approximate surface area is 98.0 Å². The zero-order chi connectivity index (χ0) is 11.8. The number of rotatable bonds is 3. The minimum Gasteiger partial charge on any atom is -0.478 e. The van der Waals surface area contributed by atoms with E-state index in [1.807, 2.05) is 4.68 Å². The number of carboxylic acid groups (broad SMARTS) is 1. The second kappa shape index (κ2) is 3.84. The number of benzene rings is 1. The van der Waals surface area contributed by atoms with Crippen LogP contribution >= 0.6 is 0 Å². The van der Waals surface area contributed by atoms with Gasteiger partial charge in [-0.05, 0) is 37.0 Å². The van der Waals surface area contributed by atoms with Gasteiger partial charge in [0, 0.05) is 6.54 Å². The summed E-state index contributed by atoms with van der Waals surface area (Å²) in [4.78, 5) is 10.8. The van der Waals surface area contributed by atoms with Crippen molar-refractivity contribution in [1.82, 2.24) is 15.0 Å². The highest BCUT2D eigenvalue weighted by Crippen LogP contribution is 2.28.